The van der Waals surface area contributed by atoms with Crippen LogP contribution in [0, 0.1) is 11.3 Å². The van der Waals surface area contributed by atoms with Gasteiger partial charge >= 0.3 is 0 Å². The Hall–Kier alpha value is -2.47. The number of hydrogen-bond donors (Lipinski definition) is 2. The van der Waals surface area contributed by atoms with E-state index < -0.39 is 0 Å². The van der Waals surface area contributed by atoms with Gasteiger partial charge in [-0.1, -0.05) is 36.4 Å². The number of nitrogen functional groups attached to an aromatic ring is 1. The Morgan fingerprint density at radius 1 is 1.11 bits per heavy atom. The third kappa shape index (κ3) is 2.44. The van der Waals surface area contributed by atoms with Crippen molar-refractivity contribution in [3.05, 3.63) is 59.7 Å². The first-order chi connectivity index (χ1) is 8.72. The summed E-state index contributed by atoms with van der Waals surface area (Å²) in [6.07, 6.45) is 0. The minimum absolute atomic E-state index is 0.141. The van der Waals surface area contributed by atoms with Crippen LogP contribution in [0.25, 0.3) is 0 Å². The number of hydrogen-bond acceptors (Lipinski definition) is 3. The highest BCUT2D eigenvalue weighted by Crippen LogP contribution is 2.26. The Morgan fingerprint density at radius 2 is 1.83 bits per heavy atom. The lowest BCUT2D eigenvalue weighted by Crippen LogP contribution is -2.08. The van der Waals surface area contributed by atoms with Crippen molar-refractivity contribution < 1.29 is 0 Å². The van der Waals surface area contributed by atoms with Crippen molar-refractivity contribution in [2.24, 2.45) is 0 Å². The van der Waals surface area contributed by atoms with E-state index in [-0.39, 0.29) is 6.04 Å². The summed E-state index contributed by atoms with van der Waals surface area (Å²) in [7, 11) is 0. The second-order valence-corrected chi connectivity index (χ2v) is 4.16. The second-order valence-electron chi connectivity index (χ2n) is 4.16. The summed E-state index contributed by atoms with van der Waals surface area (Å²) in [4.78, 5) is 0. The third-order valence-electron chi connectivity index (χ3n) is 2.90. The molecule has 3 nitrogen and oxygen atoms in total. The molecule has 0 amide bonds. The maximum Gasteiger partial charge on any atom is 0.101 e. The van der Waals surface area contributed by atoms with E-state index in [0.717, 1.165) is 5.69 Å². The van der Waals surface area contributed by atoms with Crippen molar-refractivity contribution in [3.8, 4) is 6.07 Å². The van der Waals surface area contributed by atoms with E-state index in [9.17, 15) is 0 Å². The number of rotatable bonds is 3. The van der Waals surface area contributed by atoms with Gasteiger partial charge in [-0.3, -0.25) is 0 Å². The molecule has 0 heterocycles. The molecule has 18 heavy (non-hydrogen) atoms. The van der Waals surface area contributed by atoms with Crippen LogP contribution in [0.2, 0.25) is 0 Å². The maximum atomic E-state index is 8.94. The number of para-hydroxylation sites is 1. The first-order valence-electron chi connectivity index (χ1n) is 5.82. The normalized spacial score (nSPS) is 11.6. The predicted molar refractivity (Wildman–Crippen MR) is 74.0 cm³/mol. The molecule has 2 rings (SSSR count). The molecule has 2 aromatic rings. The molecular weight excluding hydrogens is 222 g/mol. The van der Waals surface area contributed by atoms with Crippen molar-refractivity contribution in [3.63, 3.8) is 0 Å². The van der Waals surface area contributed by atoms with Gasteiger partial charge in [0, 0.05) is 6.04 Å². The Labute approximate surface area is 107 Å². The van der Waals surface area contributed by atoms with Gasteiger partial charge in [0.15, 0.2) is 0 Å². The zero-order valence-corrected chi connectivity index (χ0v) is 10.2. The Bertz CT molecular complexity index is 570. The molecule has 3 N–H and O–H groups in total. The van der Waals surface area contributed by atoms with Crippen molar-refractivity contribution in [2.45, 2.75) is 13.0 Å². The molecule has 0 aliphatic carbocycles. The van der Waals surface area contributed by atoms with Gasteiger partial charge in [0.1, 0.15) is 6.07 Å². The highest BCUT2D eigenvalue weighted by atomic mass is 14.9. The topological polar surface area (TPSA) is 61.8 Å². The standard InChI is InChI=1S/C15H15N3/c1-11(12-6-3-2-4-7-12)18-14-9-5-8-13(10-16)15(14)17/h2-9,11,18H,17H2,1H3. The molecule has 0 aliphatic heterocycles. The summed E-state index contributed by atoms with van der Waals surface area (Å²) >= 11 is 0. The fourth-order valence-electron chi connectivity index (χ4n) is 1.85. The lowest BCUT2D eigenvalue weighted by atomic mass is 10.1. The van der Waals surface area contributed by atoms with Crippen LogP contribution in [0.3, 0.4) is 0 Å². The highest BCUT2D eigenvalue weighted by Gasteiger charge is 2.08. The highest BCUT2D eigenvalue weighted by molar-refractivity contribution is 5.73. The summed E-state index contributed by atoms with van der Waals surface area (Å²) < 4.78 is 0. The average Bonchev–Trinajstić information content (AvgIpc) is 2.42. The Morgan fingerprint density at radius 3 is 2.50 bits per heavy atom. The minimum atomic E-state index is 0.141. The molecule has 0 aromatic heterocycles. The summed E-state index contributed by atoms with van der Waals surface area (Å²) in [5.41, 5.74) is 8.91. The van der Waals surface area contributed by atoms with Crippen LogP contribution in [0.1, 0.15) is 24.1 Å². The monoisotopic (exact) mass is 237 g/mol. The van der Waals surface area contributed by atoms with Crippen molar-refractivity contribution in [2.75, 3.05) is 11.1 Å². The smallest absolute Gasteiger partial charge is 0.101 e. The summed E-state index contributed by atoms with van der Waals surface area (Å²) in [6.45, 7) is 2.06. The zero-order valence-electron chi connectivity index (χ0n) is 10.2. The van der Waals surface area contributed by atoms with E-state index in [2.05, 4.69) is 30.4 Å². The average molecular weight is 237 g/mol. The molecule has 1 atom stereocenters. The molecule has 0 aliphatic rings. The van der Waals surface area contributed by atoms with E-state index in [1.165, 1.54) is 5.56 Å². The van der Waals surface area contributed by atoms with Gasteiger partial charge in [-0.15, -0.1) is 0 Å². The SMILES string of the molecule is CC(Nc1cccc(C#N)c1N)c1ccccc1. The molecular formula is C15H15N3. The fourth-order valence-corrected chi connectivity index (χ4v) is 1.85. The summed E-state index contributed by atoms with van der Waals surface area (Å²) in [5.74, 6) is 0. The van der Waals surface area contributed by atoms with Gasteiger partial charge in [0.2, 0.25) is 0 Å². The van der Waals surface area contributed by atoms with Crippen LogP contribution < -0.4 is 11.1 Å². The predicted octanol–water partition coefficient (Wildman–Crippen LogP) is 3.31. The maximum absolute atomic E-state index is 8.94. The molecule has 0 saturated carbocycles. The number of nitrogens with one attached hydrogen (secondary N) is 1. The van der Waals surface area contributed by atoms with Crippen LogP contribution in [0.5, 0.6) is 0 Å². The number of nitriles is 1. The lowest BCUT2D eigenvalue weighted by molar-refractivity contribution is 0.885. The summed E-state index contributed by atoms with van der Waals surface area (Å²) in [6, 6.07) is 17.8. The number of nitrogens with two attached hydrogens (primary N) is 1. The lowest BCUT2D eigenvalue weighted by Gasteiger charge is -2.17. The van der Waals surface area contributed by atoms with Crippen molar-refractivity contribution in [1.29, 1.82) is 5.26 Å². The number of nitrogens with zero attached hydrogens (tertiary/aromatic N) is 1. The zero-order chi connectivity index (χ0) is 13.0. The minimum Gasteiger partial charge on any atom is -0.396 e. The molecule has 0 spiro atoms. The fraction of sp³-hybridized carbons (Fsp3) is 0.133. The van der Waals surface area contributed by atoms with E-state index in [1.807, 2.05) is 30.3 Å². The second kappa shape index (κ2) is 5.24. The molecule has 0 saturated heterocycles. The quantitative estimate of drug-likeness (QED) is 0.805. The van der Waals surface area contributed by atoms with E-state index in [1.54, 1.807) is 6.07 Å². The van der Waals surface area contributed by atoms with Crippen LogP contribution in [0.15, 0.2) is 48.5 Å². The largest absolute Gasteiger partial charge is 0.396 e. The van der Waals surface area contributed by atoms with Gasteiger partial charge in [0.25, 0.3) is 0 Å². The third-order valence-corrected chi connectivity index (χ3v) is 2.90. The first kappa shape index (κ1) is 12.0. The molecule has 2 aromatic carbocycles. The van der Waals surface area contributed by atoms with E-state index in [4.69, 9.17) is 11.0 Å². The van der Waals surface area contributed by atoms with Gasteiger partial charge < -0.3 is 11.1 Å². The van der Waals surface area contributed by atoms with Crippen molar-refractivity contribution in [1.82, 2.24) is 0 Å². The number of benzene rings is 2. The molecule has 1 unspecified atom stereocenters. The first-order valence-corrected chi connectivity index (χ1v) is 5.82. The molecule has 0 bridgehead atoms. The van der Waals surface area contributed by atoms with Crippen LogP contribution in [0.4, 0.5) is 11.4 Å². The Kier molecular flexibility index (Phi) is 3.49. The van der Waals surface area contributed by atoms with E-state index >= 15 is 0 Å². The van der Waals surface area contributed by atoms with Gasteiger partial charge in [-0.05, 0) is 24.6 Å². The van der Waals surface area contributed by atoms with Crippen LogP contribution >= 0.6 is 0 Å². The Balaban J connectivity index is 2.23. The molecule has 0 fully saturated rings. The molecule has 3 heteroatoms. The van der Waals surface area contributed by atoms with E-state index in [0.29, 0.717) is 11.3 Å². The van der Waals surface area contributed by atoms with Gasteiger partial charge in [-0.25, -0.2) is 0 Å². The molecule has 90 valence electrons. The van der Waals surface area contributed by atoms with Gasteiger partial charge in [-0.2, -0.15) is 5.26 Å². The van der Waals surface area contributed by atoms with Crippen LogP contribution in [-0.4, -0.2) is 0 Å². The van der Waals surface area contributed by atoms with Gasteiger partial charge in [0.05, 0.1) is 16.9 Å². The van der Waals surface area contributed by atoms with Crippen LogP contribution in [-0.2, 0) is 0 Å². The van der Waals surface area contributed by atoms with Crippen molar-refractivity contribution >= 4 is 11.4 Å². The summed E-state index contributed by atoms with van der Waals surface area (Å²) in [5, 5.41) is 12.3. The number of anilines is 2. The molecule has 0 radical (unpaired) electrons.